The fraction of sp³-hybridized carbons (Fsp3) is 0.364. The van der Waals surface area contributed by atoms with Gasteiger partial charge in [-0.25, -0.2) is 4.79 Å². The molecule has 6 nitrogen and oxygen atoms in total. The SMILES string of the molecule is CCOC(=O)c1c(C)[nH]c(CCC(=O)NCCc2c[nH]c3ccccc23)c1C. The zero-order valence-corrected chi connectivity index (χ0v) is 16.6. The number of para-hydroxylation sites is 1. The first-order chi connectivity index (χ1) is 13.5. The number of aromatic amines is 2. The fourth-order valence-electron chi connectivity index (χ4n) is 3.58. The Labute approximate surface area is 164 Å². The summed E-state index contributed by atoms with van der Waals surface area (Å²) in [7, 11) is 0. The number of aromatic nitrogens is 2. The lowest BCUT2D eigenvalue weighted by molar-refractivity contribution is -0.121. The highest BCUT2D eigenvalue weighted by atomic mass is 16.5. The highest BCUT2D eigenvalue weighted by Crippen LogP contribution is 2.20. The van der Waals surface area contributed by atoms with Crippen LogP contribution < -0.4 is 5.32 Å². The lowest BCUT2D eigenvalue weighted by atomic mass is 10.1. The van der Waals surface area contributed by atoms with Crippen LogP contribution >= 0.6 is 0 Å². The van der Waals surface area contributed by atoms with Gasteiger partial charge in [-0.1, -0.05) is 18.2 Å². The third-order valence-electron chi connectivity index (χ3n) is 5.01. The topological polar surface area (TPSA) is 87.0 Å². The van der Waals surface area contributed by atoms with Crippen molar-refractivity contribution in [2.24, 2.45) is 0 Å². The van der Waals surface area contributed by atoms with Crippen LogP contribution in [-0.4, -0.2) is 35.0 Å². The number of carbonyl (C=O) groups is 2. The highest BCUT2D eigenvalue weighted by molar-refractivity contribution is 5.93. The van der Waals surface area contributed by atoms with E-state index < -0.39 is 0 Å². The van der Waals surface area contributed by atoms with Crippen molar-refractivity contribution in [1.82, 2.24) is 15.3 Å². The smallest absolute Gasteiger partial charge is 0.340 e. The van der Waals surface area contributed by atoms with E-state index in [1.165, 1.54) is 10.9 Å². The van der Waals surface area contributed by atoms with Crippen molar-refractivity contribution in [3.05, 3.63) is 58.5 Å². The van der Waals surface area contributed by atoms with Gasteiger partial charge in [-0.2, -0.15) is 0 Å². The van der Waals surface area contributed by atoms with Crippen LogP contribution in [0, 0.1) is 13.8 Å². The second-order valence-electron chi connectivity index (χ2n) is 6.91. The van der Waals surface area contributed by atoms with E-state index >= 15 is 0 Å². The molecule has 3 aromatic rings. The Kier molecular flexibility index (Phi) is 6.19. The molecule has 1 aromatic carbocycles. The van der Waals surface area contributed by atoms with Gasteiger partial charge in [0.05, 0.1) is 12.2 Å². The highest BCUT2D eigenvalue weighted by Gasteiger charge is 2.19. The molecule has 148 valence electrons. The second-order valence-corrected chi connectivity index (χ2v) is 6.91. The third-order valence-corrected chi connectivity index (χ3v) is 5.01. The van der Waals surface area contributed by atoms with Crippen molar-refractivity contribution in [1.29, 1.82) is 0 Å². The van der Waals surface area contributed by atoms with Crippen molar-refractivity contribution in [3.63, 3.8) is 0 Å². The zero-order valence-electron chi connectivity index (χ0n) is 16.6. The van der Waals surface area contributed by atoms with Crippen molar-refractivity contribution in [2.45, 2.75) is 40.0 Å². The van der Waals surface area contributed by atoms with Gasteiger partial charge in [0.2, 0.25) is 5.91 Å². The predicted octanol–water partition coefficient (Wildman–Crippen LogP) is 3.58. The van der Waals surface area contributed by atoms with Gasteiger partial charge in [0.1, 0.15) is 0 Å². The second kappa shape index (κ2) is 8.78. The minimum Gasteiger partial charge on any atom is -0.462 e. The summed E-state index contributed by atoms with van der Waals surface area (Å²) >= 11 is 0. The lowest BCUT2D eigenvalue weighted by Gasteiger charge is -2.05. The number of aryl methyl sites for hydroxylation is 2. The Hall–Kier alpha value is -3.02. The largest absolute Gasteiger partial charge is 0.462 e. The van der Waals surface area contributed by atoms with Gasteiger partial charge in [0, 0.05) is 41.5 Å². The van der Waals surface area contributed by atoms with Crippen LogP contribution in [-0.2, 0) is 22.4 Å². The van der Waals surface area contributed by atoms with E-state index in [1.54, 1.807) is 6.92 Å². The summed E-state index contributed by atoms with van der Waals surface area (Å²) in [4.78, 5) is 30.8. The summed E-state index contributed by atoms with van der Waals surface area (Å²) in [6.45, 7) is 6.47. The van der Waals surface area contributed by atoms with Crippen LogP contribution in [0.1, 0.15) is 46.2 Å². The van der Waals surface area contributed by atoms with Gasteiger partial charge in [0.15, 0.2) is 0 Å². The van der Waals surface area contributed by atoms with E-state index in [9.17, 15) is 9.59 Å². The molecule has 28 heavy (non-hydrogen) atoms. The van der Waals surface area contributed by atoms with E-state index in [0.717, 1.165) is 28.9 Å². The molecule has 6 heteroatoms. The quantitative estimate of drug-likeness (QED) is 0.521. The Morgan fingerprint density at radius 2 is 1.93 bits per heavy atom. The number of fused-ring (bicyclic) bond motifs is 1. The Morgan fingerprint density at radius 3 is 2.71 bits per heavy atom. The maximum atomic E-state index is 12.2. The number of hydrogen-bond acceptors (Lipinski definition) is 3. The number of H-pyrrole nitrogens is 2. The van der Waals surface area contributed by atoms with Crippen LogP contribution in [0.4, 0.5) is 0 Å². The van der Waals surface area contributed by atoms with Gasteiger partial charge < -0.3 is 20.0 Å². The number of esters is 1. The van der Waals surface area contributed by atoms with Crippen molar-refractivity contribution < 1.29 is 14.3 Å². The van der Waals surface area contributed by atoms with Crippen molar-refractivity contribution in [2.75, 3.05) is 13.2 Å². The Bertz CT molecular complexity index is 984. The molecule has 0 radical (unpaired) electrons. The Morgan fingerprint density at radius 1 is 1.14 bits per heavy atom. The van der Waals surface area contributed by atoms with E-state index in [2.05, 4.69) is 21.4 Å². The molecule has 2 heterocycles. The monoisotopic (exact) mass is 381 g/mol. The summed E-state index contributed by atoms with van der Waals surface area (Å²) < 4.78 is 5.11. The molecule has 3 rings (SSSR count). The van der Waals surface area contributed by atoms with Crippen molar-refractivity contribution >= 4 is 22.8 Å². The third kappa shape index (κ3) is 4.27. The minimum atomic E-state index is -0.316. The average molecular weight is 381 g/mol. The van der Waals surface area contributed by atoms with Crippen LogP contribution in [0.25, 0.3) is 10.9 Å². The van der Waals surface area contributed by atoms with E-state index in [1.807, 2.05) is 38.2 Å². The van der Waals surface area contributed by atoms with Crippen LogP contribution in [0.15, 0.2) is 30.5 Å². The maximum absolute atomic E-state index is 12.2. The molecule has 1 amide bonds. The summed E-state index contributed by atoms with van der Waals surface area (Å²) in [6.07, 6.45) is 3.71. The predicted molar refractivity (Wildman–Crippen MR) is 110 cm³/mol. The standard InChI is InChI=1S/C22H27N3O3/c1-4-28-22(27)21-14(2)18(25-15(21)3)9-10-20(26)23-12-11-16-13-24-19-8-6-5-7-17(16)19/h5-8,13,24-25H,4,9-12H2,1-3H3,(H,23,26). The van der Waals surface area contributed by atoms with E-state index in [0.29, 0.717) is 31.6 Å². The summed E-state index contributed by atoms with van der Waals surface area (Å²) in [6, 6.07) is 8.15. The molecule has 0 fully saturated rings. The summed E-state index contributed by atoms with van der Waals surface area (Å²) in [5.41, 5.74) is 5.45. The summed E-state index contributed by atoms with van der Waals surface area (Å²) in [5, 5.41) is 4.18. The molecule has 3 N–H and O–H groups in total. The van der Waals surface area contributed by atoms with Crippen LogP contribution in [0.5, 0.6) is 0 Å². The number of hydrogen-bond donors (Lipinski definition) is 3. The van der Waals surface area contributed by atoms with Crippen molar-refractivity contribution in [3.8, 4) is 0 Å². The molecule has 0 spiro atoms. The fourth-order valence-corrected chi connectivity index (χ4v) is 3.58. The van der Waals surface area contributed by atoms with E-state index in [4.69, 9.17) is 4.74 Å². The molecule has 0 aliphatic carbocycles. The molecule has 0 saturated heterocycles. The lowest BCUT2D eigenvalue weighted by Crippen LogP contribution is -2.25. The molecule has 0 aliphatic rings. The number of benzene rings is 1. The molecule has 2 aromatic heterocycles. The first-order valence-electron chi connectivity index (χ1n) is 9.68. The number of ether oxygens (including phenoxy) is 1. The van der Waals surface area contributed by atoms with Crippen LogP contribution in [0.2, 0.25) is 0 Å². The normalized spacial score (nSPS) is 11.0. The zero-order chi connectivity index (χ0) is 20.1. The molecule has 0 unspecified atom stereocenters. The molecule has 0 bridgehead atoms. The summed E-state index contributed by atoms with van der Waals surface area (Å²) in [5.74, 6) is -0.313. The van der Waals surface area contributed by atoms with E-state index in [-0.39, 0.29) is 11.9 Å². The van der Waals surface area contributed by atoms with Crippen LogP contribution in [0.3, 0.4) is 0 Å². The average Bonchev–Trinajstić information content (AvgIpc) is 3.21. The van der Waals surface area contributed by atoms with Gasteiger partial charge >= 0.3 is 5.97 Å². The molecule has 0 saturated carbocycles. The minimum absolute atomic E-state index is 0.00387. The first kappa shape index (κ1) is 19.7. The molecule has 0 atom stereocenters. The van der Waals surface area contributed by atoms with Gasteiger partial charge in [-0.15, -0.1) is 0 Å². The number of nitrogens with one attached hydrogen (secondary N) is 3. The molecular weight excluding hydrogens is 354 g/mol. The maximum Gasteiger partial charge on any atom is 0.340 e. The van der Waals surface area contributed by atoms with Gasteiger partial charge in [-0.3, -0.25) is 4.79 Å². The first-order valence-corrected chi connectivity index (χ1v) is 9.68. The number of rotatable bonds is 8. The number of carbonyl (C=O) groups excluding carboxylic acids is 2. The van der Waals surface area contributed by atoms with Gasteiger partial charge in [-0.05, 0) is 50.8 Å². The molecule has 0 aliphatic heterocycles. The van der Waals surface area contributed by atoms with Gasteiger partial charge in [0.25, 0.3) is 0 Å². The molecular formula is C22H27N3O3. The number of amides is 1. The Balaban J connectivity index is 1.51.